The zero-order valence-corrected chi connectivity index (χ0v) is 16.3. The van der Waals surface area contributed by atoms with E-state index in [1.54, 1.807) is 7.11 Å². The first kappa shape index (κ1) is 20.0. The molecule has 0 radical (unpaired) electrons. The van der Waals surface area contributed by atoms with Crippen molar-refractivity contribution in [1.82, 2.24) is 10.2 Å². The summed E-state index contributed by atoms with van der Waals surface area (Å²) in [4.78, 5) is 2.18. The van der Waals surface area contributed by atoms with Gasteiger partial charge in [0.25, 0.3) is 0 Å². The van der Waals surface area contributed by atoms with Gasteiger partial charge in [-0.15, -0.1) is 0 Å². The summed E-state index contributed by atoms with van der Waals surface area (Å²) in [6.07, 6.45) is 0. The van der Waals surface area contributed by atoms with Crippen molar-refractivity contribution in [3.05, 3.63) is 71.3 Å². The quantitative estimate of drug-likeness (QED) is 0.654. The fraction of sp³-hybridized carbons (Fsp3) is 0.364. The van der Waals surface area contributed by atoms with Crippen LogP contribution >= 0.6 is 0 Å². The molecule has 140 valence electrons. The van der Waals surface area contributed by atoms with Crippen LogP contribution in [0.5, 0.6) is 11.5 Å². The van der Waals surface area contributed by atoms with E-state index in [0.29, 0.717) is 6.61 Å². The van der Waals surface area contributed by atoms with Gasteiger partial charge in [-0.1, -0.05) is 36.9 Å². The Bertz CT molecular complexity index is 726. The van der Waals surface area contributed by atoms with E-state index in [0.717, 1.165) is 42.3 Å². The highest BCUT2D eigenvalue weighted by atomic mass is 16.5. The van der Waals surface area contributed by atoms with Crippen LogP contribution in [0.2, 0.25) is 0 Å². The lowest BCUT2D eigenvalue weighted by Gasteiger charge is -2.13. The van der Waals surface area contributed by atoms with E-state index in [4.69, 9.17) is 9.47 Å². The Morgan fingerprint density at radius 2 is 1.69 bits per heavy atom. The van der Waals surface area contributed by atoms with E-state index in [1.807, 2.05) is 19.1 Å². The molecule has 0 aromatic heterocycles. The molecule has 0 fully saturated rings. The topological polar surface area (TPSA) is 33.7 Å². The minimum absolute atomic E-state index is 0.492. The lowest BCUT2D eigenvalue weighted by Crippen LogP contribution is -2.14. The van der Waals surface area contributed by atoms with Crippen molar-refractivity contribution in [3.63, 3.8) is 0 Å². The molecule has 2 rings (SSSR count). The molecule has 0 bridgehead atoms. The molecule has 4 heteroatoms. The van der Waals surface area contributed by atoms with Crippen LogP contribution in [-0.2, 0) is 19.6 Å². The molecule has 0 spiro atoms. The van der Waals surface area contributed by atoms with Gasteiger partial charge < -0.3 is 19.7 Å². The summed E-state index contributed by atoms with van der Waals surface area (Å²) in [6.45, 7) is 8.87. The van der Waals surface area contributed by atoms with Gasteiger partial charge in [-0.05, 0) is 55.4 Å². The summed E-state index contributed by atoms with van der Waals surface area (Å²) in [5, 5.41) is 3.50. The molecule has 0 saturated heterocycles. The van der Waals surface area contributed by atoms with Crippen molar-refractivity contribution in [2.75, 3.05) is 27.8 Å². The van der Waals surface area contributed by atoms with E-state index in [2.05, 4.69) is 61.2 Å². The number of benzene rings is 2. The predicted molar refractivity (Wildman–Crippen MR) is 108 cm³/mol. The first-order valence-corrected chi connectivity index (χ1v) is 8.85. The Labute approximate surface area is 157 Å². The third kappa shape index (κ3) is 6.54. The average Bonchev–Trinajstić information content (AvgIpc) is 2.60. The van der Waals surface area contributed by atoms with Gasteiger partial charge in [-0.25, -0.2) is 0 Å². The highest BCUT2D eigenvalue weighted by Gasteiger charge is 2.06. The van der Waals surface area contributed by atoms with Crippen LogP contribution in [0.4, 0.5) is 0 Å². The Hall–Kier alpha value is -2.30. The van der Waals surface area contributed by atoms with E-state index < -0.39 is 0 Å². The minimum atomic E-state index is 0.492. The molecular weight excluding hydrogens is 324 g/mol. The molecule has 0 aliphatic rings. The zero-order chi connectivity index (χ0) is 18.9. The van der Waals surface area contributed by atoms with Crippen LogP contribution in [-0.4, -0.2) is 32.7 Å². The van der Waals surface area contributed by atoms with Crippen LogP contribution in [0, 0.1) is 0 Å². The van der Waals surface area contributed by atoms with Crippen LogP contribution in [0.1, 0.15) is 23.6 Å². The molecule has 0 aliphatic carbocycles. The lowest BCUT2D eigenvalue weighted by molar-refractivity contribution is 0.319. The summed E-state index contributed by atoms with van der Waals surface area (Å²) in [7, 11) is 5.83. The number of hydrogen-bond donors (Lipinski definition) is 1. The van der Waals surface area contributed by atoms with E-state index in [-0.39, 0.29) is 0 Å². The van der Waals surface area contributed by atoms with E-state index in [9.17, 15) is 0 Å². The smallest absolute Gasteiger partial charge is 0.161 e. The molecule has 2 aromatic carbocycles. The number of hydrogen-bond acceptors (Lipinski definition) is 4. The van der Waals surface area contributed by atoms with Crippen molar-refractivity contribution < 1.29 is 9.47 Å². The molecule has 0 atom stereocenters. The van der Waals surface area contributed by atoms with Gasteiger partial charge in [-0.2, -0.15) is 0 Å². The average molecular weight is 354 g/mol. The van der Waals surface area contributed by atoms with Crippen LogP contribution in [0.3, 0.4) is 0 Å². The van der Waals surface area contributed by atoms with Crippen LogP contribution in [0.25, 0.3) is 0 Å². The van der Waals surface area contributed by atoms with Gasteiger partial charge in [0, 0.05) is 19.6 Å². The maximum atomic E-state index is 5.79. The monoisotopic (exact) mass is 354 g/mol. The zero-order valence-electron chi connectivity index (χ0n) is 16.3. The van der Waals surface area contributed by atoms with Crippen molar-refractivity contribution in [3.8, 4) is 11.5 Å². The summed E-state index contributed by atoms with van der Waals surface area (Å²) >= 11 is 0. The van der Waals surface area contributed by atoms with Gasteiger partial charge in [0.1, 0.15) is 6.61 Å². The molecule has 0 unspecified atom stereocenters. The normalized spacial score (nSPS) is 10.8. The lowest BCUT2D eigenvalue weighted by atomic mass is 10.1. The standard InChI is InChI=1S/C22H30N2O2/c1-17(2)16-26-22-12-19(9-10-21(22)25-5)14-23-13-18-7-6-8-20(11-18)15-24(3)4/h6-12,23H,1,13-16H2,2-5H3. The van der Waals surface area contributed by atoms with Crippen molar-refractivity contribution in [1.29, 1.82) is 0 Å². The first-order chi connectivity index (χ1) is 12.5. The van der Waals surface area contributed by atoms with Crippen LogP contribution in [0.15, 0.2) is 54.6 Å². The summed E-state index contributed by atoms with van der Waals surface area (Å²) in [6, 6.07) is 14.7. The van der Waals surface area contributed by atoms with Gasteiger partial charge in [0.15, 0.2) is 11.5 Å². The molecule has 26 heavy (non-hydrogen) atoms. The Balaban J connectivity index is 1.94. The van der Waals surface area contributed by atoms with Gasteiger partial charge in [-0.3, -0.25) is 0 Å². The number of nitrogens with zero attached hydrogens (tertiary/aromatic N) is 1. The fourth-order valence-electron chi connectivity index (χ4n) is 2.70. The van der Waals surface area contributed by atoms with Gasteiger partial charge >= 0.3 is 0 Å². The van der Waals surface area contributed by atoms with Gasteiger partial charge in [0.2, 0.25) is 0 Å². The Morgan fingerprint density at radius 3 is 2.35 bits per heavy atom. The number of nitrogens with one attached hydrogen (secondary N) is 1. The summed E-state index contributed by atoms with van der Waals surface area (Å²) in [5.74, 6) is 1.49. The molecule has 1 N–H and O–H groups in total. The second-order valence-corrected chi connectivity index (χ2v) is 6.89. The molecule has 4 nitrogen and oxygen atoms in total. The largest absolute Gasteiger partial charge is 0.493 e. The Morgan fingerprint density at radius 1 is 1.00 bits per heavy atom. The maximum Gasteiger partial charge on any atom is 0.161 e. The summed E-state index contributed by atoms with van der Waals surface area (Å²) in [5.41, 5.74) is 4.76. The van der Waals surface area contributed by atoms with Crippen molar-refractivity contribution in [2.24, 2.45) is 0 Å². The predicted octanol–water partition coefficient (Wildman–Crippen LogP) is 4.00. The number of methoxy groups -OCH3 is 1. The second-order valence-electron chi connectivity index (χ2n) is 6.89. The fourth-order valence-corrected chi connectivity index (χ4v) is 2.70. The molecular formula is C22H30N2O2. The van der Waals surface area contributed by atoms with Gasteiger partial charge in [0.05, 0.1) is 7.11 Å². The third-order valence-electron chi connectivity index (χ3n) is 3.85. The van der Waals surface area contributed by atoms with Crippen LogP contribution < -0.4 is 14.8 Å². The molecule has 0 saturated carbocycles. The Kier molecular flexibility index (Phi) is 7.70. The third-order valence-corrected chi connectivity index (χ3v) is 3.85. The van der Waals surface area contributed by atoms with E-state index >= 15 is 0 Å². The maximum absolute atomic E-state index is 5.79. The second kappa shape index (κ2) is 10.00. The highest BCUT2D eigenvalue weighted by molar-refractivity contribution is 5.43. The molecule has 0 heterocycles. The van der Waals surface area contributed by atoms with Crippen molar-refractivity contribution in [2.45, 2.75) is 26.6 Å². The number of ether oxygens (including phenoxy) is 2. The SMILES string of the molecule is C=C(C)COc1cc(CNCc2cccc(CN(C)C)c2)ccc1OC. The highest BCUT2D eigenvalue weighted by Crippen LogP contribution is 2.28. The first-order valence-electron chi connectivity index (χ1n) is 8.85. The molecule has 0 amide bonds. The minimum Gasteiger partial charge on any atom is -0.493 e. The summed E-state index contributed by atoms with van der Waals surface area (Å²) < 4.78 is 11.2. The number of rotatable bonds is 10. The van der Waals surface area contributed by atoms with Crippen molar-refractivity contribution >= 4 is 0 Å². The molecule has 2 aromatic rings. The van der Waals surface area contributed by atoms with E-state index in [1.165, 1.54) is 11.1 Å². The molecule has 0 aliphatic heterocycles.